The van der Waals surface area contributed by atoms with E-state index < -0.39 is 22.2 Å². The fourth-order valence-electron chi connectivity index (χ4n) is 2.42. The first-order valence-corrected chi connectivity index (χ1v) is 6.62. The highest BCUT2D eigenvalue weighted by molar-refractivity contribution is 5.95. The number of carboxylic acid groups (broad SMARTS) is 1. The second kappa shape index (κ2) is 5.51. The molecule has 0 atom stereocenters. The molecule has 0 unspecified atom stereocenters. The van der Waals surface area contributed by atoms with E-state index in [-0.39, 0.29) is 17.8 Å². The number of nitro groups is 1. The zero-order valence-corrected chi connectivity index (χ0v) is 11.6. The van der Waals surface area contributed by atoms with Crippen molar-refractivity contribution in [3.63, 3.8) is 0 Å². The van der Waals surface area contributed by atoms with Crippen LogP contribution in [0.5, 0.6) is 0 Å². The lowest BCUT2D eigenvalue weighted by Gasteiger charge is -2.37. The normalized spacial score (nSPS) is 15.9. The molecule has 0 aliphatic heterocycles. The SMILES string of the molecule is Cc1cc(C(=O)NCC2(C(=O)O)CCC2)cc([N+](=O)[O-])c1. The molecule has 0 heterocycles. The number of aryl methyl sites for hydroxylation is 1. The van der Waals surface area contributed by atoms with E-state index in [9.17, 15) is 24.8 Å². The van der Waals surface area contributed by atoms with E-state index in [1.54, 1.807) is 6.92 Å². The average Bonchev–Trinajstić information content (AvgIpc) is 2.35. The number of carboxylic acids is 1. The number of benzene rings is 1. The molecule has 0 bridgehead atoms. The largest absolute Gasteiger partial charge is 0.481 e. The van der Waals surface area contributed by atoms with Crippen LogP contribution in [0.15, 0.2) is 18.2 Å². The molecule has 1 aliphatic rings. The van der Waals surface area contributed by atoms with Gasteiger partial charge in [-0.25, -0.2) is 0 Å². The van der Waals surface area contributed by atoms with E-state index in [2.05, 4.69) is 5.32 Å². The molecule has 112 valence electrons. The van der Waals surface area contributed by atoms with Crippen LogP contribution in [0.25, 0.3) is 0 Å². The van der Waals surface area contributed by atoms with Gasteiger partial charge in [0.05, 0.1) is 10.3 Å². The van der Waals surface area contributed by atoms with Gasteiger partial charge < -0.3 is 10.4 Å². The van der Waals surface area contributed by atoms with Crippen LogP contribution in [0.2, 0.25) is 0 Å². The van der Waals surface area contributed by atoms with Crippen LogP contribution in [0.1, 0.15) is 35.2 Å². The third-order valence-electron chi connectivity index (χ3n) is 3.89. The summed E-state index contributed by atoms with van der Waals surface area (Å²) in [7, 11) is 0. The highest BCUT2D eigenvalue weighted by Crippen LogP contribution is 2.40. The van der Waals surface area contributed by atoms with E-state index in [1.165, 1.54) is 18.2 Å². The van der Waals surface area contributed by atoms with Gasteiger partial charge in [0.15, 0.2) is 0 Å². The second-order valence-corrected chi connectivity index (χ2v) is 5.44. The molecule has 21 heavy (non-hydrogen) atoms. The molecule has 7 nitrogen and oxygen atoms in total. The first-order chi connectivity index (χ1) is 9.84. The number of nitro benzene ring substituents is 1. The van der Waals surface area contributed by atoms with Crippen LogP contribution in [-0.4, -0.2) is 28.5 Å². The third kappa shape index (κ3) is 3.01. The van der Waals surface area contributed by atoms with Crippen molar-refractivity contribution in [2.75, 3.05) is 6.54 Å². The van der Waals surface area contributed by atoms with Crippen LogP contribution in [-0.2, 0) is 4.79 Å². The van der Waals surface area contributed by atoms with Crippen molar-refractivity contribution >= 4 is 17.6 Å². The monoisotopic (exact) mass is 292 g/mol. The fraction of sp³-hybridized carbons (Fsp3) is 0.429. The second-order valence-electron chi connectivity index (χ2n) is 5.44. The number of hydrogen-bond donors (Lipinski definition) is 2. The molecule has 1 fully saturated rings. The van der Waals surface area contributed by atoms with Gasteiger partial charge in [-0.2, -0.15) is 0 Å². The highest BCUT2D eigenvalue weighted by Gasteiger charge is 2.44. The number of amides is 1. The van der Waals surface area contributed by atoms with Gasteiger partial charge in [-0.05, 0) is 31.4 Å². The quantitative estimate of drug-likeness (QED) is 0.636. The Kier molecular flexibility index (Phi) is 3.93. The van der Waals surface area contributed by atoms with Crippen LogP contribution >= 0.6 is 0 Å². The standard InChI is InChI=1S/C14H16N2O5/c1-9-5-10(7-11(6-9)16(20)21)12(17)15-8-14(13(18)19)3-2-4-14/h5-7H,2-4,8H2,1H3,(H,15,17)(H,18,19). The zero-order valence-electron chi connectivity index (χ0n) is 11.6. The molecule has 1 aromatic rings. The minimum atomic E-state index is -0.913. The van der Waals surface area contributed by atoms with Crippen molar-refractivity contribution in [1.82, 2.24) is 5.32 Å². The third-order valence-corrected chi connectivity index (χ3v) is 3.89. The smallest absolute Gasteiger partial charge is 0.311 e. The first-order valence-electron chi connectivity index (χ1n) is 6.62. The fourth-order valence-corrected chi connectivity index (χ4v) is 2.42. The Bertz CT molecular complexity index is 607. The van der Waals surface area contributed by atoms with Crippen molar-refractivity contribution in [3.8, 4) is 0 Å². The summed E-state index contributed by atoms with van der Waals surface area (Å²) < 4.78 is 0. The molecule has 7 heteroatoms. The van der Waals surface area contributed by atoms with E-state index in [0.29, 0.717) is 18.4 Å². The Morgan fingerprint density at radius 3 is 2.52 bits per heavy atom. The Hall–Kier alpha value is -2.44. The molecule has 0 aromatic heterocycles. The van der Waals surface area contributed by atoms with Crippen molar-refractivity contribution in [3.05, 3.63) is 39.4 Å². The van der Waals surface area contributed by atoms with Crippen LogP contribution in [0, 0.1) is 22.5 Å². The van der Waals surface area contributed by atoms with E-state index in [4.69, 9.17) is 0 Å². The number of carbonyl (C=O) groups is 2. The van der Waals surface area contributed by atoms with E-state index in [0.717, 1.165) is 6.42 Å². The molecular formula is C14H16N2O5. The number of nitrogens with zero attached hydrogens (tertiary/aromatic N) is 1. The number of hydrogen-bond acceptors (Lipinski definition) is 4. The maximum Gasteiger partial charge on any atom is 0.311 e. The predicted octanol–water partition coefficient (Wildman–Crippen LogP) is 1.89. The van der Waals surface area contributed by atoms with Crippen LogP contribution in [0.3, 0.4) is 0 Å². The Morgan fingerprint density at radius 2 is 2.05 bits per heavy atom. The highest BCUT2D eigenvalue weighted by atomic mass is 16.6. The number of rotatable bonds is 5. The molecule has 0 radical (unpaired) electrons. The van der Waals surface area contributed by atoms with Crippen LogP contribution < -0.4 is 5.32 Å². The minimum absolute atomic E-state index is 0.0445. The zero-order chi connectivity index (χ0) is 15.6. The number of carbonyl (C=O) groups excluding carboxylic acids is 1. The summed E-state index contributed by atoms with van der Waals surface area (Å²) in [4.78, 5) is 33.5. The van der Waals surface area contributed by atoms with Gasteiger partial charge in [0.2, 0.25) is 0 Å². The summed E-state index contributed by atoms with van der Waals surface area (Å²) in [6.07, 6.45) is 1.91. The lowest BCUT2D eigenvalue weighted by Crippen LogP contribution is -2.47. The Balaban J connectivity index is 2.10. The lowest BCUT2D eigenvalue weighted by molar-refractivity contribution is -0.384. The van der Waals surface area contributed by atoms with E-state index in [1.807, 2.05) is 0 Å². The van der Waals surface area contributed by atoms with Crippen LogP contribution in [0.4, 0.5) is 5.69 Å². The minimum Gasteiger partial charge on any atom is -0.481 e. The average molecular weight is 292 g/mol. The molecule has 1 aliphatic carbocycles. The van der Waals surface area contributed by atoms with Gasteiger partial charge >= 0.3 is 5.97 Å². The van der Waals surface area contributed by atoms with Crippen molar-refractivity contribution in [2.45, 2.75) is 26.2 Å². The molecule has 1 aromatic carbocycles. The molecule has 0 spiro atoms. The Labute approximate surface area is 121 Å². The number of aliphatic carboxylic acids is 1. The maximum atomic E-state index is 12.1. The van der Waals surface area contributed by atoms with Gasteiger partial charge in [-0.3, -0.25) is 19.7 Å². The summed E-state index contributed by atoms with van der Waals surface area (Å²) in [6, 6.07) is 4.11. The summed E-state index contributed by atoms with van der Waals surface area (Å²) in [5, 5.41) is 22.5. The molecular weight excluding hydrogens is 276 g/mol. The Morgan fingerprint density at radius 1 is 1.38 bits per heavy atom. The van der Waals surface area contributed by atoms with Gasteiger partial charge in [-0.1, -0.05) is 6.42 Å². The van der Waals surface area contributed by atoms with Crippen molar-refractivity contribution < 1.29 is 19.6 Å². The van der Waals surface area contributed by atoms with Gasteiger partial charge in [-0.15, -0.1) is 0 Å². The number of nitrogens with one attached hydrogen (secondary N) is 1. The molecule has 1 amide bonds. The topological polar surface area (TPSA) is 110 Å². The summed E-state index contributed by atoms with van der Waals surface area (Å²) in [5.74, 6) is -1.40. The van der Waals surface area contributed by atoms with Crippen molar-refractivity contribution in [1.29, 1.82) is 0 Å². The summed E-state index contributed by atoms with van der Waals surface area (Å²) in [5.41, 5.74) is -0.268. The van der Waals surface area contributed by atoms with Crippen molar-refractivity contribution in [2.24, 2.45) is 5.41 Å². The van der Waals surface area contributed by atoms with Gasteiger partial charge in [0, 0.05) is 24.2 Å². The van der Waals surface area contributed by atoms with Gasteiger partial charge in [0.1, 0.15) is 0 Å². The summed E-state index contributed by atoms with van der Waals surface area (Å²) >= 11 is 0. The molecule has 2 rings (SSSR count). The first kappa shape index (κ1) is 15.0. The predicted molar refractivity (Wildman–Crippen MR) is 74.1 cm³/mol. The molecule has 2 N–H and O–H groups in total. The maximum absolute atomic E-state index is 12.1. The number of non-ortho nitro benzene ring substituents is 1. The van der Waals surface area contributed by atoms with E-state index >= 15 is 0 Å². The van der Waals surface area contributed by atoms with Gasteiger partial charge in [0.25, 0.3) is 11.6 Å². The lowest BCUT2D eigenvalue weighted by atomic mass is 9.69. The molecule has 1 saturated carbocycles. The summed E-state index contributed by atoms with van der Waals surface area (Å²) in [6.45, 7) is 1.71. The molecule has 0 saturated heterocycles.